The molecule has 9 heteroatoms. The summed E-state index contributed by atoms with van der Waals surface area (Å²) in [6.45, 7) is 4.80. The molecular formula is C25H23N5O3S. The van der Waals surface area contributed by atoms with Crippen molar-refractivity contribution in [2.75, 3.05) is 18.0 Å². The molecule has 0 atom stereocenters. The maximum Gasteiger partial charge on any atom is 0.262 e. The Morgan fingerprint density at radius 3 is 2.47 bits per heavy atom. The van der Waals surface area contributed by atoms with Crippen LogP contribution in [0.1, 0.15) is 38.3 Å². The van der Waals surface area contributed by atoms with Gasteiger partial charge in [-0.1, -0.05) is 29.5 Å². The zero-order valence-corrected chi connectivity index (χ0v) is 19.7. The van der Waals surface area contributed by atoms with Gasteiger partial charge in [0.05, 0.1) is 27.7 Å². The number of nitrogens with zero attached hydrogens (tertiary/aromatic N) is 5. The van der Waals surface area contributed by atoms with Crippen molar-refractivity contribution in [2.45, 2.75) is 26.8 Å². The highest BCUT2D eigenvalue weighted by Crippen LogP contribution is 2.32. The zero-order chi connectivity index (χ0) is 23.8. The molecule has 0 saturated carbocycles. The molecule has 2 aromatic carbocycles. The highest BCUT2D eigenvalue weighted by atomic mass is 32.1. The lowest BCUT2D eigenvalue weighted by molar-refractivity contribution is -0.119. The van der Waals surface area contributed by atoms with Gasteiger partial charge in [-0.2, -0.15) is 0 Å². The van der Waals surface area contributed by atoms with Gasteiger partial charge in [0.15, 0.2) is 5.13 Å². The number of hydrogen-bond acceptors (Lipinski definition) is 6. The Hall–Kier alpha value is -3.85. The van der Waals surface area contributed by atoms with Crippen LogP contribution in [0.15, 0.2) is 55.1 Å². The molecule has 3 heterocycles. The van der Waals surface area contributed by atoms with Gasteiger partial charge in [-0.25, -0.2) is 9.97 Å². The van der Waals surface area contributed by atoms with Gasteiger partial charge in [0.25, 0.3) is 11.8 Å². The fraction of sp³-hybridized carbons (Fsp3) is 0.240. The lowest BCUT2D eigenvalue weighted by Gasteiger charge is -2.22. The number of aromatic nitrogens is 3. The molecule has 0 aliphatic carbocycles. The first-order chi connectivity index (χ1) is 16.4. The van der Waals surface area contributed by atoms with Crippen molar-refractivity contribution < 1.29 is 14.4 Å². The van der Waals surface area contributed by atoms with Crippen LogP contribution in [0.5, 0.6) is 0 Å². The Balaban J connectivity index is 1.42. The number of imidazole rings is 1. The summed E-state index contributed by atoms with van der Waals surface area (Å²) in [7, 11) is 0. The number of rotatable bonds is 7. The smallest absolute Gasteiger partial charge is 0.262 e. The Morgan fingerprint density at radius 1 is 1.06 bits per heavy atom. The minimum atomic E-state index is -0.442. The number of aryl methyl sites for hydroxylation is 3. The number of thiazole rings is 1. The molecule has 8 nitrogen and oxygen atoms in total. The van der Waals surface area contributed by atoms with Crippen molar-refractivity contribution in [3.63, 3.8) is 0 Å². The minimum Gasteiger partial charge on any atom is -0.337 e. The van der Waals surface area contributed by atoms with Gasteiger partial charge < -0.3 is 4.57 Å². The average molecular weight is 474 g/mol. The third-order valence-corrected chi connectivity index (χ3v) is 7.18. The maximum absolute atomic E-state index is 13.5. The summed E-state index contributed by atoms with van der Waals surface area (Å²) in [5, 5.41) is 0.566. The average Bonchev–Trinajstić information content (AvgIpc) is 3.56. The van der Waals surface area contributed by atoms with E-state index in [1.165, 1.54) is 11.3 Å². The summed E-state index contributed by atoms with van der Waals surface area (Å²) in [5.74, 6) is -1.22. The third-order valence-electron chi connectivity index (χ3n) is 6.13. The van der Waals surface area contributed by atoms with Crippen LogP contribution in [0, 0.1) is 13.8 Å². The van der Waals surface area contributed by atoms with E-state index < -0.39 is 11.8 Å². The molecule has 2 aromatic heterocycles. The van der Waals surface area contributed by atoms with Crippen LogP contribution in [0.3, 0.4) is 0 Å². The van der Waals surface area contributed by atoms with Crippen LogP contribution in [-0.2, 0) is 11.3 Å². The van der Waals surface area contributed by atoms with E-state index in [-0.39, 0.29) is 12.5 Å². The zero-order valence-electron chi connectivity index (χ0n) is 18.9. The molecule has 4 aromatic rings. The number of carbonyl (C=O) groups excluding carboxylic acids is 3. The van der Waals surface area contributed by atoms with Gasteiger partial charge in [-0.3, -0.25) is 24.2 Å². The summed E-state index contributed by atoms with van der Waals surface area (Å²) < 4.78 is 2.94. The second-order valence-corrected chi connectivity index (χ2v) is 9.30. The highest BCUT2D eigenvalue weighted by Gasteiger charge is 2.37. The van der Waals surface area contributed by atoms with E-state index in [1.807, 2.05) is 36.7 Å². The molecular weight excluding hydrogens is 450 g/mol. The molecule has 1 aliphatic rings. The van der Waals surface area contributed by atoms with E-state index >= 15 is 0 Å². The van der Waals surface area contributed by atoms with Gasteiger partial charge in [0.1, 0.15) is 6.54 Å². The molecule has 172 valence electrons. The normalized spacial score (nSPS) is 13.1. The SMILES string of the molecule is Cc1ccc2sc(N(CCCn3ccnc3)C(=O)CN3C(=O)c4ccccc4C3=O)nc2c1C. The molecule has 0 radical (unpaired) electrons. The second-order valence-electron chi connectivity index (χ2n) is 8.29. The third kappa shape index (κ3) is 3.88. The molecule has 3 amide bonds. The van der Waals surface area contributed by atoms with Crippen molar-refractivity contribution in [3.8, 4) is 0 Å². The summed E-state index contributed by atoms with van der Waals surface area (Å²) in [4.78, 5) is 50.6. The first-order valence-electron chi connectivity index (χ1n) is 11.0. The summed E-state index contributed by atoms with van der Waals surface area (Å²) in [6, 6.07) is 10.7. The summed E-state index contributed by atoms with van der Waals surface area (Å²) in [6.07, 6.45) is 5.98. The van der Waals surface area contributed by atoms with E-state index in [0.29, 0.717) is 35.8 Å². The number of amides is 3. The Kier molecular flexibility index (Phi) is 5.70. The fourth-order valence-electron chi connectivity index (χ4n) is 4.09. The topological polar surface area (TPSA) is 88.4 Å². The molecule has 34 heavy (non-hydrogen) atoms. The number of benzene rings is 2. The number of hydrogen-bond donors (Lipinski definition) is 0. The molecule has 1 aliphatic heterocycles. The van der Waals surface area contributed by atoms with E-state index in [4.69, 9.17) is 4.98 Å². The van der Waals surface area contributed by atoms with E-state index in [1.54, 1.807) is 41.7 Å². The highest BCUT2D eigenvalue weighted by molar-refractivity contribution is 7.22. The van der Waals surface area contributed by atoms with Gasteiger partial charge in [0, 0.05) is 25.5 Å². The fourth-order valence-corrected chi connectivity index (χ4v) is 5.16. The predicted octanol–water partition coefficient (Wildman–Crippen LogP) is 3.83. The Labute approximate surface area is 200 Å². The van der Waals surface area contributed by atoms with Gasteiger partial charge in [-0.15, -0.1) is 0 Å². The van der Waals surface area contributed by atoms with Crippen LogP contribution >= 0.6 is 11.3 Å². The quantitative estimate of drug-likeness (QED) is 0.381. The van der Waals surface area contributed by atoms with Crippen molar-refractivity contribution >= 4 is 44.4 Å². The summed E-state index contributed by atoms with van der Waals surface area (Å²) >= 11 is 1.44. The molecule has 0 unspecified atom stereocenters. The van der Waals surface area contributed by atoms with Crippen molar-refractivity contribution in [1.29, 1.82) is 0 Å². The standard InChI is InChI=1S/C25H23N5O3S/c1-16-8-9-20-22(17(16)2)27-25(34-20)29(12-5-11-28-13-10-26-15-28)21(31)14-30-23(32)18-6-3-4-7-19(18)24(30)33/h3-4,6-10,13,15H,5,11-12,14H2,1-2H3. The molecule has 0 fully saturated rings. The van der Waals surface area contributed by atoms with Crippen LogP contribution in [0.2, 0.25) is 0 Å². The molecule has 0 bridgehead atoms. The van der Waals surface area contributed by atoms with E-state index in [9.17, 15) is 14.4 Å². The predicted molar refractivity (Wildman–Crippen MR) is 130 cm³/mol. The minimum absolute atomic E-state index is 0.328. The van der Waals surface area contributed by atoms with Crippen molar-refractivity contribution in [2.24, 2.45) is 0 Å². The number of anilines is 1. The van der Waals surface area contributed by atoms with Crippen molar-refractivity contribution in [1.82, 2.24) is 19.4 Å². The van der Waals surface area contributed by atoms with Gasteiger partial charge in [0.2, 0.25) is 5.91 Å². The van der Waals surface area contributed by atoms with E-state index in [2.05, 4.69) is 4.98 Å². The van der Waals surface area contributed by atoms with E-state index in [0.717, 1.165) is 26.2 Å². The molecule has 5 rings (SSSR count). The first-order valence-corrected chi connectivity index (χ1v) is 11.8. The second kappa shape index (κ2) is 8.83. The largest absolute Gasteiger partial charge is 0.337 e. The Bertz CT molecular complexity index is 1370. The van der Waals surface area contributed by atoms with Crippen LogP contribution in [0.25, 0.3) is 10.2 Å². The molecule has 0 saturated heterocycles. The first kappa shape index (κ1) is 22.0. The lowest BCUT2D eigenvalue weighted by Crippen LogP contribution is -2.43. The van der Waals surface area contributed by atoms with Crippen LogP contribution in [0.4, 0.5) is 5.13 Å². The number of imide groups is 1. The summed E-state index contributed by atoms with van der Waals surface area (Å²) in [5.41, 5.74) is 3.74. The van der Waals surface area contributed by atoms with Crippen LogP contribution < -0.4 is 4.90 Å². The Morgan fingerprint density at radius 2 is 1.79 bits per heavy atom. The van der Waals surface area contributed by atoms with Crippen LogP contribution in [-0.4, -0.2) is 50.2 Å². The van der Waals surface area contributed by atoms with Gasteiger partial charge >= 0.3 is 0 Å². The van der Waals surface area contributed by atoms with Crippen molar-refractivity contribution in [3.05, 3.63) is 77.4 Å². The number of carbonyl (C=O) groups is 3. The molecule has 0 N–H and O–H groups in total. The maximum atomic E-state index is 13.5. The molecule has 0 spiro atoms. The number of fused-ring (bicyclic) bond motifs is 2. The van der Waals surface area contributed by atoms with Gasteiger partial charge in [-0.05, 0) is 49.6 Å². The monoisotopic (exact) mass is 473 g/mol. The lowest BCUT2D eigenvalue weighted by atomic mass is 10.1.